The Hall–Kier alpha value is -0.820. The maximum absolute atomic E-state index is 7.45. The molecule has 0 aromatic heterocycles. The van der Waals surface area contributed by atoms with Gasteiger partial charge in [-0.25, -0.2) is 0 Å². The topological polar surface area (TPSA) is 26.0 Å². The number of hydrogen-bond acceptors (Lipinski definition) is 1. The zero-order valence-electron chi connectivity index (χ0n) is 7.17. The lowest BCUT2D eigenvalue weighted by Crippen LogP contribution is -2.17. The molecule has 0 radical (unpaired) electrons. The van der Waals surface area contributed by atoms with Crippen LogP contribution >= 0.6 is 0 Å². The van der Waals surface area contributed by atoms with Crippen molar-refractivity contribution in [3.8, 4) is 0 Å². The molecule has 1 rings (SSSR count). The second-order valence-corrected chi connectivity index (χ2v) is 2.51. The number of rotatable bonds is 2. The van der Waals surface area contributed by atoms with Gasteiger partial charge in [0.2, 0.25) is 0 Å². The highest BCUT2D eigenvalue weighted by Crippen LogP contribution is 2.00. The van der Waals surface area contributed by atoms with Gasteiger partial charge in [0.15, 0.2) is 0 Å². The Morgan fingerprint density at radius 2 is 2.10 bits per heavy atom. The van der Waals surface area contributed by atoms with Crippen molar-refractivity contribution in [3.05, 3.63) is 35.9 Å². The molecular formula is C9H13N. The summed E-state index contributed by atoms with van der Waals surface area (Å²) >= 11 is 0. The molecule has 0 bridgehead atoms. The van der Waals surface area contributed by atoms with Crippen LogP contribution in [0.25, 0.3) is 0 Å². The Labute approximate surface area is 63.3 Å². The van der Waals surface area contributed by atoms with Gasteiger partial charge in [-0.15, -0.1) is 0 Å². The standard InChI is InChI=1S/C9H13N/c1-8(10)7-9-5-3-2-4-6-9/h2-6,8H,7,10H2,1H3/i8D. The molecule has 1 nitrogen and oxygen atoms in total. The van der Waals surface area contributed by atoms with Crippen LogP contribution in [0.5, 0.6) is 0 Å². The molecule has 0 spiro atoms. The van der Waals surface area contributed by atoms with E-state index in [4.69, 9.17) is 7.10 Å². The van der Waals surface area contributed by atoms with Gasteiger partial charge in [-0.1, -0.05) is 30.3 Å². The lowest BCUT2D eigenvalue weighted by Gasteiger charge is -2.02. The van der Waals surface area contributed by atoms with Crippen LogP contribution in [-0.4, -0.2) is 6.02 Å². The van der Waals surface area contributed by atoms with E-state index in [0.29, 0.717) is 6.42 Å². The fourth-order valence-corrected chi connectivity index (χ4v) is 0.918. The van der Waals surface area contributed by atoms with Crippen molar-refractivity contribution in [2.45, 2.75) is 19.4 Å². The number of hydrogen-bond donors (Lipinski definition) is 1. The van der Waals surface area contributed by atoms with E-state index in [2.05, 4.69) is 0 Å². The molecule has 54 valence electrons. The van der Waals surface area contributed by atoms with E-state index in [1.807, 2.05) is 30.3 Å². The summed E-state index contributed by atoms with van der Waals surface area (Å²) in [5, 5.41) is 0. The zero-order valence-corrected chi connectivity index (χ0v) is 6.17. The van der Waals surface area contributed by atoms with Crippen molar-refractivity contribution in [1.29, 1.82) is 0 Å². The van der Waals surface area contributed by atoms with Crippen LogP contribution in [0.15, 0.2) is 30.3 Å². The Morgan fingerprint density at radius 1 is 1.50 bits per heavy atom. The quantitative estimate of drug-likeness (QED) is 0.656. The minimum Gasteiger partial charge on any atom is -0.328 e. The summed E-state index contributed by atoms with van der Waals surface area (Å²) in [7, 11) is 0. The van der Waals surface area contributed by atoms with Crippen molar-refractivity contribution in [2.75, 3.05) is 0 Å². The highest BCUT2D eigenvalue weighted by Gasteiger charge is 1.94. The van der Waals surface area contributed by atoms with Gasteiger partial charge < -0.3 is 5.73 Å². The molecule has 0 fully saturated rings. The third-order valence-electron chi connectivity index (χ3n) is 1.33. The van der Waals surface area contributed by atoms with E-state index >= 15 is 0 Å². The summed E-state index contributed by atoms with van der Waals surface area (Å²) in [5.41, 5.74) is 6.65. The van der Waals surface area contributed by atoms with Crippen molar-refractivity contribution in [2.24, 2.45) is 5.73 Å². The Balaban J connectivity index is 2.66. The van der Waals surface area contributed by atoms with Crippen LogP contribution in [0, 0.1) is 0 Å². The van der Waals surface area contributed by atoms with Crippen LogP contribution in [0.2, 0.25) is 0 Å². The van der Waals surface area contributed by atoms with Gasteiger partial charge in [0.25, 0.3) is 0 Å². The summed E-state index contributed by atoms with van der Waals surface area (Å²) in [6.07, 6.45) is 0.605. The molecule has 1 heteroatoms. The normalized spacial score (nSPS) is 17.6. The van der Waals surface area contributed by atoms with Crippen LogP contribution < -0.4 is 5.73 Å². The highest BCUT2D eigenvalue weighted by molar-refractivity contribution is 5.15. The molecule has 0 aliphatic heterocycles. The van der Waals surface area contributed by atoms with Crippen LogP contribution in [0.3, 0.4) is 0 Å². The minimum atomic E-state index is -0.846. The van der Waals surface area contributed by atoms with Gasteiger partial charge >= 0.3 is 0 Å². The fourth-order valence-electron chi connectivity index (χ4n) is 0.918. The molecule has 1 aromatic carbocycles. The van der Waals surface area contributed by atoms with Gasteiger partial charge in [0, 0.05) is 7.39 Å². The molecule has 1 atom stereocenters. The Kier molecular flexibility index (Phi) is 2.00. The first-order valence-electron chi connectivity index (χ1n) is 3.91. The zero-order chi connectivity index (χ0) is 8.32. The molecule has 0 heterocycles. The maximum atomic E-state index is 7.45. The average Bonchev–Trinajstić information content (AvgIpc) is 1.85. The summed E-state index contributed by atoms with van der Waals surface area (Å²) in [6, 6.07) is 9.00. The van der Waals surface area contributed by atoms with E-state index in [1.54, 1.807) is 6.92 Å². The van der Waals surface area contributed by atoms with E-state index in [1.165, 1.54) is 0 Å². The molecule has 0 aliphatic rings. The first-order valence-corrected chi connectivity index (χ1v) is 3.41. The maximum Gasteiger partial charge on any atom is 0.0463 e. The number of nitrogens with two attached hydrogens (primary N) is 1. The van der Waals surface area contributed by atoms with Gasteiger partial charge in [0.1, 0.15) is 0 Å². The van der Waals surface area contributed by atoms with Gasteiger partial charge in [-0.2, -0.15) is 0 Å². The van der Waals surface area contributed by atoms with Crippen LogP contribution in [0.1, 0.15) is 13.9 Å². The summed E-state index contributed by atoms with van der Waals surface area (Å²) < 4.78 is 7.45. The molecule has 0 aliphatic carbocycles. The van der Waals surface area contributed by atoms with E-state index in [0.717, 1.165) is 5.56 Å². The Morgan fingerprint density at radius 3 is 2.60 bits per heavy atom. The molecule has 1 aromatic rings. The van der Waals surface area contributed by atoms with Crippen LogP contribution in [0.4, 0.5) is 0 Å². The van der Waals surface area contributed by atoms with Crippen molar-refractivity contribution in [3.63, 3.8) is 0 Å². The third-order valence-corrected chi connectivity index (χ3v) is 1.33. The summed E-state index contributed by atoms with van der Waals surface area (Å²) in [5.74, 6) is 0. The molecule has 0 saturated heterocycles. The first-order chi connectivity index (χ1) is 5.08. The third kappa shape index (κ3) is 2.19. The second kappa shape index (κ2) is 3.37. The van der Waals surface area contributed by atoms with Crippen LogP contribution in [-0.2, 0) is 6.42 Å². The largest absolute Gasteiger partial charge is 0.328 e. The van der Waals surface area contributed by atoms with E-state index in [-0.39, 0.29) is 0 Å². The lowest BCUT2D eigenvalue weighted by atomic mass is 10.1. The molecule has 0 saturated carbocycles. The summed E-state index contributed by atoms with van der Waals surface area (Å²) in [6.45, 7) is 1.71. The average molecular weight is 136 g/mol. The second-order valence-electron chi connectivity index (χ2n) is 2.51. The van der Waals surface area contributed by atoms with Gasteiger partial charge in [0.05, 0.1) is 0 Å². The Bertz CT molecular complexity index is 213. The van der Waals surface area contributed by atoms with Crippen molar-refractivity contribution >= 4 is 0 Å². The van der Waals surface area contributed by atoms with Gasteiger partial charge in [-0.3, -0.25) is 0 Å². The lowest BCUT2D eigenvalue weighted by molar-refractivity contribution is 0.738. The highest BCUT2D eigenvalue weighted by atomic mass is 14.6. The smallest absolute Gasteiger partial charge is 0.0463 e. The van der Waals surface area contributed by atoms with E-state index in [9.17, 15) is 0 Å². The van der Waals surface area contributed by atoms with Crippen molar-refractivity contribution < 1.29 is 1.37 Å². The SMILES string of the molecule is [2H]C(C)(N)Cc1ccccc1. The fraction of sp³-hybridized carbons (Fsp3) is 0.333. The molecule has 2 N–H and O–H groups in total. The minimum absolute atomic E-state index is 0.605. The molecule has 10 heavy (non-hydrogen) atoms. The van der Waals surface area contributed by atoms with E-state index < -0.39 is 6.02 Å². The molecule has 1 unspecified atom stereocenters. The first kappa shape index (κ1) is 5.93. The molecular weight excluding hydrogens is 122 g/mol. The number of benzene rings is 1. The summed E-state index contributed by atoms with van der Waals surface area (Å²) in [4.78, 5) is 0. The monoisotopic (exact) mass is 136 g/mol. The predicted octanol–water partition coefficient (Wildman–Crippen LogP) is 1.58. The predicted molar refractivity (Wildman–Crippen MR) is 43.8 cm³/mol. The van der Waals surface area contributed by atoms with Crippen molar-refractivity contribution in [1.82, 2.24) is 0 Å². The van der Waals surface area contributed by atoms with Gasteiger partial charge in [-0.05, 0) is 18.9 Å². The molecule has 0 amide bonds.